The van der Waals surface area contributed by atoms with Crippen molar-refractivity contribution < 1.29 is 0 Å². The van der Waals surface area contributed by atoms with Gasteiger partial charge in [0.25, 0.3) is 0 Å². The van der Waals surface area contributed by atoms with Gasteiger partial charge in [0.15, 0.2) is 0 Å². The van der Waals surface area contributed by atoms with E-state index in [1.807, 2.05) is 0 Å². The Morgan fingerprint density at radius 1 is 1.47 bits per heavy atom. The first-order chi connectivity index (χ1) is 8.06. The summed E-state index contributed by atoms with van der Waals surface area (Å²) in [7, 11) is 0. The summed E-state index contributed by atoms with van der Waals surface area (Å²) in [4.78, 5) is 6.50. The Bertz CT molecular complexity index is 397. The van der Waals surface area contributed by atoms with Gasteiger partial charge in [-0.2, -0.15) is 0 Å². The lowest BCUT2D eigenvalue weighted by atomic mass is 10.1. The van der Waals surface area contributed by atoms with Crippen molar-refractivity contribution in [3.63, 3.8) is 0 Å². The topological polar surface area (TPSA) is 28.2 Å². The van der Waals surface area contributed by atoms with Crippen molar-refractivity contribution in [2.45, 2.75) is 32.5 Å². The molecule has 1 aliphatic heterocycles. The zero-order valence-corrected chi connectivity index (χ0v) is 11.6. The lowest BCUT2D eigenvalue weighted by molar-refractivity contribution is 0.139. The molecule has 5 heteroatoms. The molecule has 2 rings (SSSR count). The summed E-state index contributed by atoms with van der Waals surface area (Å²) in [5.41, 5.74) is 1.04. The van der Waals surface area contributed by atoms with Crippen molar-refractivity contribution in [3.05, 3.63) is 28.0 Å². The lowest BCUT2D eigenvalue weighted by Crippen LogP contribution is -2.53. The van der Waals surface area contributed by atoms with Gasteiger partial charge >= 0.3 is 0 Å². The fraction of sp³-hybridized carbons (Fsp3) is 0.583. The normalized spacial score (nSPS) is 26.1. The van der Waals surface area contributed by atoms with Gasteiger partial charge in [-0.25, -0.2) is 4.98 Å². The van der Waals surface area contributed by atoms with E-state index in [1.165, 1.54) is 0 Å². The van der Waals surface area contributed by atoms with Gasteiger partial charge in [-0.15, -0.1) is 0 Å². The van der Waals surface area contributed by atoms with E-state index in [4.69, 9.17) is 23.2 Å². The molecule has 0 bridgehead atoms. The first-order valence-corrected chi connectivity index (χ1v) is 6.59. The fourth-order valence-electron chi connectivity index (χ4n) is 2.09. The second-order valence-corrected chi connectivity index (χ2v) is 5.48. The molecular formula is C12H17Cl2N3. The van der Waals surface area contributed by atoms with Crippen LogP contribution in [0.1, 0.15) is 19.4 Å². The Morgan fingerprint density at radius 2 is 2.24 bits per heavy atom. The van der Waals surface area contributed by atoms with E-state index in [-0.39, 0.29) is 0 Å². The molecule has 0 amide bonds. The molecule has 0 radical (unpaired) electrons. The molecule has 2 atom stereocenters. The van der Waals surface area contributed by atoms with Crippen molar-refractivity contribution in [1.82, 2.24) is 15.2 Å². The van der Waals surface area contributed by atoms with Crippen molar-refractivity contribution in [3.8, 4) is 0 Å². The third-order valence-electron chi connectivity index (χ3n) is 3.16. The minimum absolute atomic E-state index is 0.445. The van der Waals surface area contributed by atoms with Crippen molar-refractivity contribution >= 4 is 23.2 Å². The van der Waals surface area contributed by atoms with E-state index < -0.39 is 0 Å². The van der Waals surface area contributed by atoms with Crippen LogP contribution in [-0.4, -0.2) is 35.1 Å². The molecule has 0 aromatic carbocycles. The molecule has 1 saturated heterocycles. The number of aromatic nitrogens is 1. The van der Waals surface area contributed by atoms with Crippen LogP contribution in [-0.2, 0) is 6.54 Å². The van der Waals surface area contributed by atoms with Gasteiger partial charge in [0.2, 0.25) is 0 Å². The largest absolute Gasteiger partial charge is 0.311 e. The second-order valence-electron chi connectivity index (χ2n) is 4.69. The molecule has 1 aliphatic rings. The maximum Gasteiger partial charge on any atom is 0.130 e. The van der Waals surface area contributed by atoms with Crippen LogP contribution >= 0.6 is 23.2 Å². The van der Waals surface area contributed by atoms with E-state index in [2.05, 4.69) is 29.0 Å². The van der Waals surface area contributed by atoms with Gasteiger partial charge in [-0.05, 0) is 19.9 Å². The van der Waals surface area contributed by atoms with Gasteiger partial charge in [-0.1, -0.05) is 23.2 Å². The molecule has 1 aromatic rings. The summed E-state index contributed by atoms with van der Waals surface area (Å²) >= 11 is 12.0. The Hall–Kier alpha value is -0.350. The molecule has 3 nitrogen and oxygen atoms in total. The Kier molecular flexibility index (Phi) is 4.26. The highest BCUT2D eigenvalue weighted by molar-refractivity contribution is 6.34. The number of nitrogens with one attached hydrogen (secondary N) is 1. The standard InChI is InChI=1S/C12H17Cl2N3/c1-8-6-17(9(2)4-15-8)7-10-5-16-12(14)3-11(10)13/h3,5,8-9,15H,4,6-7H2,1-2H3. The van der Waals surface area contributed by atoms with Gasteiger partial charge in [0, 0.05) is 48.5 Å². The van der Waals surface area contributed by atoms with Crippen LogP contribution in [0.5, 0.6) is 0 Å². The Morgan fingerprint density at radius 3 is 2.94 bits per heavy atom. The van der Waals surface area contributed by atoms with E-state index >= 15 is 0 Å². The first kappa shape index (κ1) is 13.1. The van der Waals surface area contributed by atoms with Crippen LogP contribution in [0.2, 0.25) is 10.2 Å². The third kappa shape index (κ3) is 3.32. The zero-order chi connectivity index (χ0) is 12.4. The number of halogens is 2. The van der Waals surface area contributed by atoms with E-state index in [0.29, 0.717) is 22.3 Å². The molecule has 2 unspecified atom stereocenters. The monoisotopic (exact) mass is 273 g/mol. The highest BCUT2D eigenvalue weighted by Gasteiger charge is 2.22. The lowest BCUT2D eigenvalue weighted by Gasteiger charge is -2.37. The predicted octanol–water partition coefficient (Wildman–Crippen LogP) is 2.57. The Labute approximate surface area is 112 Å². The van der Waals surface area contributed by atoms with Gasteiger partial charge in [0.1, 0.15) is 5.15 Å². The fourth-order valence-corrected chi connectivity index (χ4v) is 2.51. The number of hydrogen-bond donors (Lipinski definition) is 1. The molecule has 17 heavy (non-hydrogen) atoms. The van der Waals surface area contributed by atoms with Crippen LogP contribution in [0, 0.1) is 0 Å². The minimum atomic E-state index is 0.445. The van der Waals surface area contributed by atoms with Crippen molar-refractivity contribution in [2.24, 2.45) is 0 Å². The summed E-state index contributed by atoms with van der Waals surface area (Å²) in [6.07, 6.45) is 1.77. The van der Waals surface area contributed by atoms with Gasteiger partial charge in [-0.3, -0.25) is 4.90 Å². The molecule has 0 saturated carbocycles. The average molecular weight is 274 g/mol. The van der Waals surface area contributed by atoms with E-state index in [1.54, 1.807) is 12.3 Å². The van der Waals surface area contributed by atoms with E-state index in [9.17, 15) is 0 Å². The Balaban J connectivity index is 2.08. The summed E-state index contributed by atoms with van der Waals surface area (Å²) in [5.74, 6) is 0. The molecule has 1 fully saturated rings. The number of nitrogens with zero attached hydrogens (tertiary/aromatic N) is 2. The SMILES string of the molecule is CC1CN(Cc2cnc(Cl)cc2Cl)C(C)CN1. The van der Waals surface area contributed by atoms with E-state index in [0.717, 1.165) is 25.2 Å². The maximum atomic E-state index is 6.17. The summed E-state index contributed by atoms with van der Waals surface area (Å²) in [6, 6.07) is 2.73. The maximum absolute atomic E-state index is 6.17. The predicted molar refractivity (Wildman–Crippen MR) is 71.6 cm³/mol. The highest BCUT2D eigenvalue weighted by Crippen LogP contribution is 2.21. The average Bonchev–Trinajstić information content (AvgIpc) is 2.27. The number of piperazine rings is 1. The van der Waals surface area contributed by atoms with Crippen LogP contribution in [0.15, 0.2) is 12.3 Å². The molecule has 94 valence electrons. The summed E-state index contributed by atoms with van der Waals surface area (Å²) in [5, 5.41) is 4.60. The molecule has 0 spiro atoms. The number of hydrogen-bond acceptors (Lipinski definition) is 3. The van der Waals surface area contributed by atoms with Crippen LogP contribution in [0.3, 0.4) is 0 Å². The smallest absolute Gasteiger partial charge is 0.130 e. The van der Waals surface area contributed by atoms with Gasteiger partial charge in [0.05, 0.1) is 0 Å². The minimum Gasteiger partial charge on any atom is -0.311 e. The molecular weight excluding hydrogens is 257 g/mol. The number of rotatable bonds is 2. The number of pyridine rings is 1. The quantitative estimate of drug-likeness (QED) is 0.840. The highest BCUT2D eigenvalue weighted by atomic mass is 35.5. The van der Waals surface area contributed by atoms with Crippen molar-refractivity contribution in [1.29, 1.82) is 0 Å². The molecule has 0 aliphatic carbocycles. The van der Waals surface area contributed by atoms with Crippen molar-refractivity contribution in [2.75, 3.05) is 13.1 Å². The van der Waals surface area contributed by atoms with Crippen LogP contribution in [0.4, 0.5) is 0 Å². The summed E-state index contributed by atoms with van der Waals surface area (Å²) < 4.78 is 0. The van der Waals surface area contributed by atoms with Gasteiger partial charge < -0.3 is 5.32 Å². The summed E-state index contributed by atoms with van der Waals surface area (Å²) in [6.45, 7) is 7.28. The third-order valence-corrected chi connectivity index (χ3v) is 3.72. The second kappa shape index (κ2) is 5.53. The zero-order valence-electron chi connectivity index (χ0n) is 10.1. The van der Waals surface area contributed by atoms with Crippen LogP contribution < -0.4 is 5.32 Å². The first-order valence-electron chi connectivity index (χ1n) is 5.83. The molecule has 1 N–H and O–H groups in total. The molecule has 1 aromatic heterocycles. The van der Waals surface area contributed by atoms with Crippen LogP contribution in [0.25, 0.3) is 0 Å². The molecule has 2 heterocycles.